The molecule has 0 aliphatic carbocycles. The molecule has 0 saturated heterocycles. The molecule has 0 heterocycles. The molecule has 108 valence electrons. The smallest absolute Gasteiger partial charge is 0.103 e. The van der Waals surface area contributed by atoms with Crippen molar-refractivity contribution >= 4 is 23.0 Å². The number of halogens is 1. The fourth-order valence-corrected chi connectivity index (χ4v) is 2.57. The average Bonchev–Trinajstić information content (AvgIpc) is 2.46. The molecular formula is C17H18ClN3. The van der Waals surface area contributed by atoms with Gasteiger partial charge in [0.15, 0.2) is 0 Å². The van der Waals surface area contributed by atoms with Gasteiger partial charge in [0, 0.05) is 18.8 Å². The van der Waals surface area contributed by atoms with Crippen molar-refractivity contribution in [2.45, 2.75) is 19.9 Å². The van der Waals surface area contributed by atoms with Crippen LogP contribution in [0.1, 0.15) is 24.5 Å². The van der Waals surface area contributed by atoms with Gasteiger partial charge in [-0.25, -0.2) is 0 Å². The molecule has 0 aliphatic heterocycles. The van der Waals surface area contributed by atoms with Crippen LogP contribution >= 0.6 is 11.6 Å². The van der Waals surface area contributed by atoms with Gasteiger partial charge in [-0.15, -0.1) is 0 Å². The van der Waals surface area contributed by atoms with Crippen LogP contribution < -0.4 is 10.6 Å². The second-order valence-electron chi connectivity index (χ2n) is 4.91. The highest BCUT2D eigenvalue weighted by molar-refractivity contribution is 6.32. The summed E-state index contributed by atoms with van der Waals surface area (Å²) >= 11 is 6.13. The minimum absolute atomic E-state index is 0.490. The summed E-state index contributed by atoms with van der Waals surface area (Å²) in [5.41, 5.74) is 9.09. The van der Waals surface area contributed by atoms with Crippen molar-refractivity contribution in [1.82, 2.24) is 0 Å². The third-order valence-electron chi connectivity index (χ3n) is 3.26. The Morgan fingerprint density at radius 3 is 2.67 bits per heavy atom. The summed E-state index contributed by atoms with van der Waals surface area (Å²) < 4.78 is 0. The summed E-state index contributed by atoms with van der Waals surface area (Å²) in [5.74, 6) is 0. The predicted molar refractivity (Wildman–Crippen MR) is 88.4 cm³/mol. The molecule has 0 aromatic heterocycles. The van der Waals surface area contributed by atoms with Gasteiger partial charge in [-0.1, -0.05) is 36.7 Å². The Bertz CT molecular complexity index is 661. The maximum Gasteiger partial charge on any atom is 0.103 e. The summed E-state index contributed by atoms with van der Waals surface area (Å²) in [5, 5.41) is 9.83. The number of nitrogens with two attached hydrogens (primary N) is 1. The highest BCUT2D eigenvalue weighted by Crippen LogP contribution is 2.28. The first-order valence-electron chi connectivity index (χ1n) is 6.93. The van der Waals surface area contributed by atoms with Gasteiger partial charge in [0.1, 0.15) is 6.07 Å². The van der Waals surface area contributed by atoms with Crippen LogP contribution in [0.15, 0.2) is 42.5 Å². The van der Waals surface area contributed by atoms with Crippen molar-refractivity contribution in [3.8, 4) is 6.07 Å². The molecule has 2 aromatic carbocycles. The van der Waals surface area contributed by atoms with E-state index < -0.39 is 0 Å². The zero-order valence-electron chi connectivity index (χ0n) is 12.0. The van der Waals surface area contributed by atoms with E-state index in [4.69, 9.17) is 17.3 Å². The largest absolute Gasteiger partial charge is 0.399 e. The second-order valence-corrected chi connectivity index (χ2v) is 5.32. The lowest BCUT2D eigenvalue weighted by Gasteiger charge is -2.26. The fraction of sp³-hybridized carbons (Fsp3) is 0.235. The monoisotopic (exact) mass is 299 g/mol. The Labute approximate surface area is 130 Å². The number of anilines is 2. The first-order chi connectivity index (χ1) is 10.2. The molecule has 0 unspecified atom stereocenters. The van der Waals surface area contributed by atoms with Crippen molar-refractivity contribution in [3.63, 3.8) is 0 Å². The zero-order valence-corrected chi connectivity index (χ0v) is 12.8. The average molecular weight is 300 g/mol. The molecule has 4 heteroatoms. The number of nitriles is 1. The van der Waals surface area contributed by atoms with Crippen LogP contribution in [-0.2, 0) is 6.54 Å². The Morgan fingerprint density at radius 2 is 2.00 bits per heavy atom. The molecular weight excluding hydrogens is 282 g/mol. The lowest BCUT2D eigenvalue weighted by molar-refractivity contribution is 0.766. The van der Waals surface area contributed by atoms with E-state index in [0.29, 0.717) is 17.1 Å². The van der Waals surface area contributed by atoms with E-state index in [1.54, 1.807) is 6.07 Å². The van der Waals surface area contributed by atoms with Crippen molar-refractivity contribution in [2.24, 2.45) is 0 Å². The van der Waals surface area contributed by atoms with Gasteiger partial charge in [0.25, 0.3) is 0 Å². The Morgan fingerprint density at radius 1 is 1.24 bits per heavy atom. The van der Waals surface area contributed by atoms with Crippen LogP contribution in [0.4, 0.5) is 11.4 Å². The highest BCUT2D eigenvalue weighted by Gasteiger charge is 2.13. The normalized spacial score (nSPS) is 10.1. The number of hydrogen-bond donors (Lipinski definition) is 1. The third-order valence-corrected chi connectivity index (χ3v) is 3.58. The lowest BCUT2D eigenvalue weighted by Crippen LogP contribution is -2.24. The molecule has 2 N–H and O–H groups in total. The lowest BCUT2D eigenvalue weighted by atomic mass is 10.1. The number of nitrogen functional groups attached to an aromatic ring is 1. The zero-order chi connectivity index (χ0) is 15.2. The molecule has 0 aliphatic rings. The van der Waals surface area contributed by atoms with Crippen LogP contribution in [0, 0.1) is 11.3 Å². The molecule has 0 radical (unpaired) electrons. The summed E-state index contributed by atoms with van der Waals surface area (Å²) in [6.07, 6.45) is 0.986. The van der Waals surface area contributed by atoms with Crippen LogP contribution in [0.5, 0.6) is 0 Å². The van der Waals surface area contributed by atoms with Crippen molar-refractivity contribution < 1.29 is 0 Å². The molecule has 2 aromatic rings. The van der Waals surface area contributed by atoms with Crippen molar-refractivity contribution in [3.05, 3.63) is 58.6 Å². The maximum atomic E-state index is 9.35. The topological polar surface area (TPSA) is 53.0 Å². The summed E-state index contributed by atoms with van der Waals surface area (Å²) in [6, 6.07) is 15.6. The SMILES string of the molecule is CCCN(Cc1cccc(N)c1)c1cccc(Cl)c1C#N. The van der Waals surface area contributed by atoms with Crippen molar-refractivity contribution in [1.29, 1.82) is 5.26 Å². The van der Waals surface area contributed by atoms with Crippen LogP contribution in [0.3, 0.4) is 0 Å². The molecule has 0 atom stereocenters. The van der Waals surface area contributed by atoms with Gasteiger partial charge in [0.05, 0.1) is 16.3 Å². The van der Waals surface area contributed by atoms with E-state index in [9.17, 15) is 5.26 Å². The molecule has 21 heavy (non-hydrogen) atoms. The van der Waals surface area contributed by atoms with E-state index >= 15 is 0 Å². The summed E-state index contributed by atoms with van der Waals surface area (Å²) in [6.45, 7) is 3.67. The molecule has 0 saturated carbocycles. The predicted octanol–water partition coefficient (Wildman–Crippen LogP) is 4.21. The van der Waals surface area contributed by atoms with Crippen LogP contribution in [-0.4, -0.2) is 6.54 Å². The first-order valence-corrected chi connectivity index (χ1v) is 7.31. The maximum absolute atomic E-state index is 9.35. The van der Waals surface area contributed by atoms with Gasteiger partial charge >= 0.3 is 0 Å². The standard InChI is InChI=1S/C17H18ClN3/c1-2-9-21(12-13-5-3-6-14(20)10-13)17-8-4-7-16(18)15(17)11-19/h3-8,10H,2,9,12,20H2,1H3. The number of benzene rings is 2. The summed E-state index contributed by atoms with van der Waals surface area (Å²) in [4.78, 5) is 2.17. The fourth-order valence-electron chi connectivity index (χ4n) is 2.35. The molecule has 3 nitrogen and oxygen atoms in total. The quantitative estimate of drug-likeness (QED) is 0.841. The van der Waals surface area contributed by atoms with Gasteiger partial charge < -0.3 is 10.6 Å². The van der Waals surface area contributed by atoms with E-state index in [2.05, 4.69) is 17.9 Å². The Hall–Kier alpha value is -2.18. The second kappa shape index (κ2) is 7.01. The van der Waals surface area contributed by atoms with Gasteiger partial charge in [-0.2, -0.15) is 5.26 Å². The van der Waals surface area contributed by atoms with E-state index in [1.807, 2.05) is 36.4 Å². The van der Waals surface area contributed by atoms with Gasteiger partial charge in [0.2, 0.25) is 0 Å². The van der Waals surface area contributed by atoms with Crippen LogP contribution in [0.25, 0.3) is 0 Å². The molecule has 2 rings (SSSR count). The van der Waals surface area contributed by atoms with Crippen LogP contribution in [0.2, 0.25) is 5.02 Å². The van der Waals surface area contributed by atoms with E-state index in [-0.39, 0.29) is 0 Å². The molecule has 0 spiro atoms. The third kappa shape index (κ3) is 3.68. The Balaban J connectivity index is 2.36. The van der Waals surface area contributed by atoms with E-state index in [0.717, 1.165) is 29.9 Å². The van der Waals surface area contributed by atoms with E-state index in [1.165, 1.54) is 0 Å². The minimum atomic E-state index is 0.490. The Kier molecular flexibility index (Phi) is 5.08. The number of rotatable bonds is 5. The van der Waals surface area contributed by atoms with Gasteiger partial charge in [-0.3, -0.25) is 0 Å². The number of nitrogens with zero attached hydrogens (tertiary/aromatic N) is 2. The minimum Gasteiger partial charge on any atom is -0.399 e. The molecule has 0 fully saturated rings. The number of hydrogen-bond acceptors (Lipinski definition) is 3. The highest BCUT2D eigenvalue weighted by atomic mass is 35.5. The molecule has 0 bridgehead atoms. The van der Waals surface area contributed by atoms with Gasteiger partial charge in [-0.05, 0) is 36.2 Å². The van der Waals surface area contributed by atoms with Crippen molar-refractivity contribution in [2.75, 3.05) is 17.2 Å². The summed E-state index contributed by atoms with van der Waals surface area (Å²) in [7, 11) is 0. The first kappa shape index (κ1) is 15.2. The molecule has 0 amide bonds.